The Morgan fingerprint density at radius 1 is 1.08 bits per heavy atom. The number of para-hydroxylation sites is 1. The Balaban J connectivity index is 1.57. The molecule has 26 heavy (non-hydrogen) atoms. The second-order valence-electron chi connectivity index (χ2n) is 6.49. The first kappa shape index (κ1) is 16.3. The lowest BCUT2D eigenvalue weighted by molar-refractivity contribution is -0.139. The van der Waals surface area contributed by atoms with Crippen molar-refractivity contribution in [2.45, 2.75) is 19.8 Å². The van der Waals surface area contributed by atoms with Crippen LogP contribution in [0.1, 0.15) is 28.0 Å². The van der Waals surface area contributed by atoms with E-state index in [2.05, 4.69) is 9.97 Å². The maximum Gasteiger partial charge on any atom is 0.272 e. The number of nitrogens with one attached hydrogen (secondary N) is 1. The molecule has 1 aliphatic heterocycles. The quantitative estimate of drug-likeness (QED) is 0.791. The van der Waals surface area contributed by atoms with Crippen LogP contribution in [0.15, 0.2) is 48.8 Å². The zero-order valence-corrected chi connectivity index (χ0v) is 14.6. The SMILES string of the molecule is Cc1[nH]c2ccccc2c1CC(=O)N1CCCN1C(=O)c1ccncc1. The van der Waals surface area contributed by atoms with Crippen molar-refractivity contribution in [2.75, 3.05) is 13.1 Å². The lowest BCUT2D eigenvalue weighted by Crippen LogP contribution is -2.45. The van der Waals surface area contributed by atoms with E-state index in [1.54, 1.807) is 34.5 Å². The van der Waals surface area contributed by atoms with Crippen molar-refractivity contribution in [2.24, 2.45) is 0 Å². The molecule has 0 bridgehead atoms. The van der Waals surface area contributed by atoms with E-state index < -0.39 is 0 Å². The van der Waals surface area contributed by atoms with Gasteiger partial charge in [0.25, 0.3) is 5.91 Å². The third-order valence-corrected chi connectivity index (χ3v) is 4.84. The summed E-state index contributed by atoms with van der Waals surface area (Å²) >= 11 is 0. The van der Waals surface area contributed by atoms with Crippen LogP contribution in [0.5, 0.6) is 0 Å². The molecule has 6 nitrogen and oxygen atoms in total. The highest BCUT2D eigenvalue weighted by Crippen LogP contribution is 2.24. The van der Waals surface area contributed by atoms with Crippen molar-refractivity contribution in [3.63, 3.8) is 0 Å². The van der Waals surface area contributed by atoms with Crippen molar-refractivity contribution in [3.8, 4) is 0 Å². The molecule has 4 rings (SSSR count). The smallest absolute Gasteiger partial charge is 0.272 e. The normalized spacial score (nSPS) is 14.2. The molecule has 3 aromatic rings. The predicted octanol–water partition coefficient (Wildman–Crippen LogP) is 2.70. The molecule has 0 saturated carbocycles. The first-order valence-electron chi connectivity index (χ1n) is 8.73. The minimum atomic E-state index is -0.158. The van der Waals surface area contributed by atoms with Gasteiger partial charge in [0.05, 0.1) is 6.42 Å². The average Bonchev–Trinajstić information content (AvgIpc) is 3.27. The van der Waals surface area contributed by atoms with Crippen LogP contribution in [0, 0.1) is 6.92 Å². The van der Waals surface area contributed by atoms with E-state index in [-0.39, 0.29) is 18.2 Å². The Morgan fingerprint density at radius 2 is 1.81 bits per heavy atom. The molecule has 132 valence electrons. The Labute approximate surface area is 151 Å². The first-order chi connectivity index (χ1) is 12.6. The molecule has 3 heterocycles. The maximum absolute atomic E-state index is 13.0. The zero-order chi connectivity index (χ0) is 18.1. The Hall–Kier alpha value is -3.15. The Morgan fingerprint density at radius 3 is 2.62 bits per heavy atom. The fourth-order valence-electron chi connectivity index (χ4n) is 3.53. The number of fused-ring (bicyclic) bond motifs is 1. The van der Waals surface area contributed by atoms with Gasteiger partial charge in [-0.15, -0.1) is 0 Å². The fraction of sp³-hybridized carbons (Fsp3) is 0.250. The molecule has 0 radical (unpaired) electrons. The van der Waals surface area contributed by atoms with Crippen LogP contribution in [0.4, 0.5) is 0 Å². The van der Waals surface area contributed by atoms with Crippen molar-refractivity contribution >= 4 is 22.7 Å². The summed E-state index contributed by atoms with van der Waals surface area (Å²) in [6.07, 6.45) is 4.24. The summed E-state index contributed by atoms with van der Waals surface area (Å²) in [6.45, 7) is 3.10. The number of aromatic amines is 1. The number of H-pyrrole nitrogens is 1. The number of aromatic nitrogens is 2. The summed E-state index contributed by atoms with van der Waals surface area (Å²) in [5, 5.41) is 4.20. The van der Waals surface area contributed by atoms with E-state index >= 15 is 0 Å². The number of pyridine rings is 1. The molecule has 1 aliphatic rings. The van der Waals surface area contributed by atoms with Crippen LogP contribution in [0.25, 0.3) is 10.9 Å². The van der Waals surface area contributed by atoms with Gasteiger partial charge >= 0.3 is 0 Å². The lowest BCUT2D eigenvalue weighted by Gasteiger charge is -2.28. The molecule has 0 spiro atoms. The van der Waals surface area contributed by atoms with Gasteiger partial charge in [0.1, 0.15) is 0 Å². The van der Waals surface area contributed by atoms with E-state index in [0.717, 1.165) is 28.6 Å². The Kier molecular flexibility index (Phi) is 4.16. The largest absolute Gasteiger partial charge is 0.358 e. The highest BCUT2D eigenvalue weighted by atomic mass is 16.2. The molecule has 0 unspecified atom stereocenters. The first-order valence-corrected chi connectivity index (χ1v) is 8.73. The molecular weight excluding hydrogens is 328 g/mol. The summed E-state index contributed by atoms with van der Waals surface area (Å²) < 4.78 is 0. The minimum Gasteiger partial charge on any atom is -0.358 e. The molecular formula is C20H20N4O2. The second kappa shape index (κ2) is 6.63. The molecule has 6 heteroatoms. The summed E-state index contributed by atoms with van der Waals surface area (Å²) in [6, 6.07) is 11.3. The van der Waals surface area contributed by atoms with Crippen molar-refractivity contribution in [1.29, 1.82) is 0 Å². The number of hydrogen-bond donors (Lipinski definition) is 1. The maximum atomic E-state index is 13.0. The third kappa shape index (κ3) is 2.83. The number of aryl methyl sites for hydroxylation is 1. The molecule has 2 aromatic heterocycles. The summed E-state index contributed by atoms with van der Waals surface area (Å²) in [7, 11) is 0. The van der Waals surface area contributed by atoms with Crippen molar-refractivity contribution in [1.82, 2.24) is 20.0 Å². The number of hydrogen-bond acceptors (Lipinski definition) is 3. The van der Waals surface area contributed by atoms with Crippen molar-refractivity contribution in [3.05, 3.63) is 65.6 Å². The molecule has 1 N–H and O–H groups in total. The molecule has 1 fully saturated rings. The highest BCUT2D eigenvalue weighted by molar-refractivity contribution is 5.96. The van der Waals surface area contributed by atoms with Gasteiger partial charge in [-0.05, 0) is 37.1 Å². The lowest BCUT2D eigenvalue weighted by atomic mass is 10.1. The van der Waals surface area contributed by atoms with Crippen LogP contribution in [-0.2, 0) is 11.2 Å². The van der Waals surface area contributed by atoms with Crippen LogP contribution < -0.4 is 0 Å². The number of hydrazine groups is 1. The number of carbonyl (C=O) groups is 2. The summed E-state index contributed by atoms with van der Waals surface area (Å²) in [4.78, 5) is 33.0. The van der Waals surface area contributed by atoms with Crippen LogP contribution >= 0.6 is 0 Å². The number of rotatable bonds is 3. The monoisotopic (exact) mass is 348 g/mol. The zero-order valence-electron chi connectivity index (χ0n) is 14.6. The van der Waals surface area contributed by atoms with Gasteiger partial charge in [0.15, 0.2) is 0 Å². The van der Waals surface area contributed by atoms with Crippen molar-refractivity contribution < 1.29 is 9.59 Å². The fourth-order valence-corrected chi connectivity index (χ4v) is 3.53. The number of amides is 2. The Bertz CT molecular complexity index is 964. The van der Waals surface area contributed by atoms with Crippen LogP contribution in [-0.4, -0.2) is 44.9 Å². The number of nitrogens with zero attached hydrogens (tertiary/aromatic N) is 3. The number of carbonyl (C=O) groups excluding carboxylic acids is 2. The average molecular weight is 348 g/mol. The third-order valence-electron chi connectivity index (χ3n) is 4.84. The summed E-state index contributed by atoms with van der Waals surface area (Å²) in [5.41, 5.74) is 3.56. The van der Waals surface area contributed by atoms with Gasteiger partial charge in [0, 0.05) is 47.6 Å². The van der Waals surface area contributed by atoms with Crippen LogP contribution in [0.2, 0.25) is 0 Å². The van der Waals surface area contributed by atoms with E-state index in [4.69, 9.17) is 0 Å². The molecule has 1 saturated heterocycles. The molecule has 0 atom stereocenters. The van der Waals surface area contributed by atoms with Gasteiger partial charge in [-0.3, -0.25) is 19.6 Å². The van der Waals surface area contributed by atoms with Gasteiger partial charge in [0.2, 0.25) is 5.91 Å². The minimum absolute atomic E-state index is 0.0576. The molecule has 2 amide bonds. The second-order valence-corrected chi connectivity index (χ2v) is 6.49. The van der Waals surface area contributed by atoms with E-state index in [1.807, 2.05) is 31.2 Å². The van der Waals surface area contributed by atoms with E-state index in [0.29, 0.717) is 18.7 Å². The van der Waals surface area contributed by atoms with Crippen LogP contribution in [0.3, 0.4) is 0 Å². The van der Waals surface area contributed by atoms with Gasteiger partial charge < -0.3 is 4.98 Å². The molecule has 1 aromatic carbocycles. The topological polar surface area (TPSA) is 69.3 Å². The van der Waals surface area contributed by atoms with Gasteiger partial charge in [-0.25, -0.2) is 5.01 Å². The molecule has 0 aliphatic carbocycles. The number of benzene rings is 1. The predicted molar refractivity (Wildman–Crippen MR) is 98.3 cm³/mol. The highest BCUT2D eigenvalue weighted by Gasteiger charge is 2.31. The van der Waals surface area contributed by atoms with E-state index in [1.165, 1.54) is 0 Å². The standard InChI is InChI=1S/C20H20N4O2/c1-14-17(16-5-2-3-6-18(16)22-14)13-19(25)23-11-4-12-24(23)20(26)15-7-9-21-10-8-15/h2-3,5-10,22H,4,11-13H2,1H3. The summed E-state index contributed by atoms with van der Waals surface area (Å²) in [5.74, 6) is -0.216. The van der Waals surface area contributed by atoms with Gasteiger partial charge in [-0.1, -0.05) is 18.2 Å². The van der Waals surface area contributed by atoms with E-state index in [9.17, 15) is 9.59 Å². The van der Waals surface area contributed by atoms with Gasteiger partial charge in [-0.2, -0.15) is 0 Å².